The van der Waals surface area contributed by atoms with Gasteiger partial charge in [-0.2, -0.15) is 0 Å². The maximum atomic E-state index is 5.51. The van der Waals surface area contributed by atoms with Crippen LogP contribution in [0.1, 0.15) is 17.3 Å². The number of rotatable bonds is 2. The van der Waals surface area contributed by atoms with Crippen molar-refractivity contribution in [2.45, 2.75) is 6.17 Å². The molecule has 0 saturated heterocycles. The van der Waals surface area contributed by atoms with Gasteiger partial charge in [-0.15, -0.1) is 0 Å². The predicted octanol–water partition coefficient (Wildman–Crippen LogP) is 10.7. The van der Waals surface area contributed by atoms with Crippen molar-refractivity contribution in [3.63, 3.8) is 0 Å². The number of allylic oxidation sites excluding steroid dienone is 1. The highest BCUT2D eigenvalue weighted by Gasteiger charge is 2.28. The molecule has 0 fully saturated rings. The molecule has 4 heterocycles. The molecule has 48 heavy (non-hydrogen) atoms. The molecule has 1 aliphatic rings. The van der Waals surface area contributed by atoms with E-state index in [1.165, 1.54) is 65.2 Å². The molecular weight excluding hydrogens is 585 g/mol. The number of aliphatic imine (C=N–C) groups is 1. The number of benzene rings is 7. The van der Waals surface area contributed by atoms with Crippen LogP contribution in [0, 0.1) is 0 Å². The Labute approximate surface area is 275 Å². The van der Waals surface area contributed by atoms with Crippen LogP contribution in [0.15, 0.2) is 163 Å². The lowest BCUT2D eigenvalue weighted by Crippen LogP contribution is -2.27. The molecule has 0 spiro atoms. The third kappa shape index (κ3) is 3.36. The fourth-order valence-corrected chi connectivity index (χ4v) is 8.30. The largest absolute Gasteiger partial charge is 0.359 e. The average molecular weight is 613 g/mol. The molecule has 1 atom stereocenters. The summed E-state index contributed by atoms with van der Waals surface area (Å²) in [6.45, 7) is 0. The molecule has 10 aromatic rings. The summed E-state index contributed by atoms with van der Waals surface area (Å²) in [5, 5.41) is 13.9. The molecule has 0 amide bonds. The Bertz CT molecular complexity index is 2960. The minimum absolute atomic E-state index is 0.248. The molecule has 11 rings (SSSR count). The second-order valence-electron chi connectivity index (χ2n) is 12.8. The molecular formula is C44H28N4. The summed E-state index contributed by atoms with van der Waals surface area (Å²) in [5.74, 6) is 0.911. The van der Waals surface area contributed by atoms with Crippen LogP contribution in [0.4, 0.5) is 0 Å². The lowest BCUT2D eigenvalue weighted by molar-refractivity contribution is 0.660. The first kappa shape index (κ1) is 25.8. The van der Waals surface area contributed by atoms with E-state index in [1.54, 1.807) is 0 Å². The Balaban J connectivity index is 1.38. The Hall–Kier alpha value is -6.39. The fourth-order valence-electron chi connectivity index (χ4n) is 8.30. The van der Waals surface area contributed by atoms with Crippen LogP contribution in [0.3, 0.4) is 0 Å². The van der Waals surface area contributed by atoms with E-state index in [9.17, 15) is 0 Å². The van der Waals surface area contributed by atoms with Crippen LogP contribution >= 0.6 is 0 Å². The van der Waals surface area contributed by atoms with Crippen LogP contribution in [-0.4, -0.2) is 14.8 Å². The zero-order valence-corrected chi connectivity index (χ0v) is 25.9. The van der Waals surface area contributed by atoms with Gasteiger partial charge in [-0.1, -0.05) is 140 Å². The van der Waals surface area contributed by atoms with Crippen LogP contribution in [0.25, 0.3) is 76.4 Å². The van der Waals surface area contributed by atoms with Crippen molar-refractivity contribution in [3.05, 3.63) is 169 Å². The van der Waals surface area contributed by atoms with Crippen molar-refractivity contribution in [2.24, 2.45) is 4.99 Å². The van der Waals surface area contributed by atoms with Crippen molar-refractivity contribution in [1.82, 2.24) is 14.3 Å². The van der Waals surface area contributed by atoms with Gasteiger partial charge in [0, 0.05) is 44.1 Å². The Kier molecular flexibility index (Phi) is 5.13. The van der Waals surface area contributed by atoms with E-state index in [2.05, 4.69) is 172 Å². The molecule has 1 aliphatic heterocycles. The zero-order valence-electron chi connectivity index (χ0n) is 25.9. The summed E-state index contributed by atoms with van der Waals surface area (Å²) in [5.41, 5.74) is 9.35. The van der Waals surface area contributed by atoms with Crippen LogP contribution in [0.2, 0.25) is 0 Å². The number of hydrogen-bond acceptors (Lipinski definition) is 2. The van der Waals surface area contributed by atoms with Gasteiger partial charge in [0.25, 0.3) is 0 Å². The van der Waals surface area contributed by atoms with Gasteiger partial charge in [0.05, 0.1) is 27.6 Å². The number of aromatic nitrogens is 2. The topological polar surface area (TPSA) is 33.7 Å². The van der Waals surface area contributed by atoms with Gasteiger partial charge in [-0.3, -0.25) is 4.57 Å². The molecule has 0 bridgehead atoms. The minimum Gasteiger partial charge on any atom is -0.359 e. The van der Waals surface area contributed by atoms with Gasteiger partial charge in [0.2, 0.25) is 0 Å². The molecule has 1 N–H and O–H groups in total. The fraction of sp³-hybridized carbons (Fsp3) is 0.0227. The van der Waals surface area contributed by atoms with Crippen LogP contribution in [0.5, 0.6) is 0 Å². The number of nitrogens with one attached hydrogen (secondary N) is 1. The van der Waals surface area contributed by atoms with E-state index >= 15 is 0 Å². The first-order chi connectivity index (χ1) is 23.8. The van der Waals surface area contributed by atoms with E-state index in [4.69, 9.17) is 4.99 Å². The Morgan fingerprint density at radius 1 is 0.458 bits per heavy atom. The molecule has 7 aromatic carbocycles. The molecule has 4 heteroatoms. The summed E-state index contributed by atoms with van der Waals surface area (Å²) in [4.78, 5) is 5.51. The maximum Gasteiger partial charge on any atom is 0.147 e. The lowest BCUT2D eigenvalue weighted by Gasteiger charge is -2.25. The first-order valence-electron chi connectivity index (χ1n) is 16.5. The van der Waals surface area contributed by atoms with Crippen molar-refractivity contribution in [3.8, 4) is 0 Å². The number of nitrogens with zero attached hydrogens (tertiary/aromatic N) is 3. The average Bonchev–Trinajstić information content (AvgIpc) is 3.81. The smallest absolute Gasteiger partial charge is 0.147 e. The standard InChI is InChI=1S/C44H28N4/c1-3-14-27(15-4-1)35-26-38(46-44(45-35)28-16-5-2-6-17-28)47-37-25-12-10-21-33(37)39-30-19-7-8-20-31(30)40-34-23-13-22-32-29-18-9-11-24-36(29)48(41(32)34)43(40)42(39)47/h1-26,44-45H. The second kappa shape index (κ2) is 9.57. The summed E-state index contributed by atoms with van der Waals surface area (Å²) < 4.78 is 4.96. The van der Waals surface area contributed by atoms with E-state index in [0.29, 0.717) is 0 Å². The highest BCUT2D eigenvalue weighted by molar-refractivity contribution is 6.39. The summed E-state index contributed by atoms with van der Waals surface area (Å²) in [6, 6.07) is 54.5. The maximum absolute atomic E-state index is 5.51. The monoisotopic (exact) mass is 612 g/mol. The lowest BCUT2D eigenvalue weighted by atomic mass is 9.98. The number of para-hydroxylation sites is 3. The predicted molar refractivity (Wildman–Crippen MR) is 201 cm³/mol. The van der Waals surface area contributed by atoms with Crippen molar-refractivity contribution in [1.29, 1.82) is 0 Å². The molecule has 3 aromatic heterocycles. The van der Waals surface area contributed by atoms with E-state index in [0.717, 1.165) is 28.2 Å². The molecule has 224 valence electrons. The normalized spacial score (nSPS) is 15.3. The van der Waals surface area contributed by atoms with Gasteiger partial charge >= 0.3 is 0 Å². The zero-order chi connectivity index (χ0) is 31.3. The van der Waals surface area contributed by atoms with Gasteiger partial charge < -0.3 is 9.72 Å². The molecule has 0 saturated carbocycles. The first-order valence-corrected chi connectivity index (χ1v) is 16.5. The van der Waals surface area contributed by atoms with Gasteiger partial charge in [0.1, 0.15) is 12.0 Å². The molecule has 4 nitrogen and oxygen atoms in total. The summed E-state index contributed by atoms with van der Waals surface area (Å²) in [6.07, 6.45) is 1.98. The highest BCUT2D eigenvalue weighted by atomic mass is 15.2. The van der Waals surface area contributed by atoms with Gasteiger partial charge in [-0.25, -0.2) is 4.99 Å². The molecule has 0 radical (unpaired) electrons. The van der Waals surface area contributed by atoms with Crippen LogP contribution in [-0.2, 0) is 0 Å². The number of fused-ring (bicyclic) bond motifs is 13. The summed E-state index contributed by atoms with van der Waals surface area (Å²) >= 11 is 0. The second-order valence-corrected chi connectivity index (χ2v) is 12.8. The van der Waals surface area contributed by atoms with Crippen molar-refractivity contribution < 1.29 is 0 Å². The SMILES string of the molecule is C1=C(c2ccccc2)NC(c2ccccc2)N=C1n1c2ccccc2c2c3ccccc3c3c4cccc5c6ccccc6n(c54)c3c21. The third-order valence-electron chi connectivity index (χ3n) is 10.2. The van der Waals surface area contributed by atoms with Crippen LogP contribution < -0.4 is 5.32 Å². The highest BCUT2D eigenvalue weighted by Crippen LogP contribution is 2.47. The van der Waals surface area contributed by atoms with Gasteiger partial charge in [-0.05, 0) is 34.0 Å². The Morgan fingerprint density at radius 2 is 1.04 bits per heavy atom. The minimum atomic E-state index is -0.248. The number of hydrogen-bond donors (Lipinski definition) is 1. The Morgan fingerprint density at radius 3 is 1.81 bits per heavy atom. The van der Waals surface area contributed by atoms with E-state index in [-0.39, 0.29) is 6.17 Å². The third-order valence-corrected chi connectivity index (χ3v) is 10.2. The summed E-state index contributed by atoms with van der Waals surface area (Å²) in [7, 11) is 0. The molecule has 0 aliphatic carbocycles. The van der Waals surface area contributed by atoms with Crippen molar-refractivity contribution in [2.75, 3.05) is 0 Å². The quantitative estimate of drug-likeness (QED) is 0.207. The van der Waals surface area contributed by atoms with Gasteiger partial charge in [0.15, 0.2) is 0 Å². The van der Waals surface area contributed by atoms with Crippen molar-refractivity contribution >= 4 is 82.2 Å². The van der Waals surface area contributed by atoms with E-state index < -0.39 is 0 Å². The molecule has 1 unspecified atom stereocenters. The van der Waals surface area contributed by atoms with E-state index in [1.807, 2.05) is 0 Å².